The second-order valence-electron chi connectivity index (χ2n) is 3.45. The third-order valence-corrected chi connectivity index (χ3v) is 2.23. The van der Waals surface area contributed by atoms with Crippen molar-refractivity contribution in [2.75, 3.05) is 19.7 Å². The summed E-state index contributed by atoms with van der Waals surface area (Å²) in [6, 6.07) is 3.61. The number of nitrogens with one attached hydrogen (secondary N) is 2. The predicted molar refractivity (Wildman–Crippen MR) is 60.4 cm³/mol. The van der Waals surface area contributed by atoms with Crippen LogP contribution in [0.5, 0.6) is 0 Å². The highest BCUT2D eigenvalue weighted by Gasteiger charge is 2.17. The fraction of sp³-hybridized carbons (Fsp3) is 0.500. The molecular weight excluding hydrogens is 232 g/mol. The lowest BCUT2D eigenvalue weighted by Crippen LogP contribution is -2.49. The van der Waals surface area contributed by atoms with E-state index in [2.05, 4.69) is 10.6 Å². The van der Waals surface area contributed by atoms with Gasteiger partial charge in [0.15, 0.2) is 0 Å². The first-order valence-corrected chi connectivity index (χ1v) is 4.96. The average Bonchev–Trinajstić information content (AvgIpc) is 2.64. The van der Waals surface area contributed by atoms with E-state index in [0.29, 0.717) is 6.54 Å². The molecule has 0 spiro atoms. The first-order chi connectivity index (χ1) is 7.34. The van der Waals surface area contributed by atoms with Gasteiger partial charge >= 0.3 is 0 Å². The molecule has 90 valence electrons. The second kappa shape index (κ2) is 6.52. The summed E-state index contributed by atoms with van der Waals surface area (Å²) in [6.45, 7) is 2.21. The summed E-state index contributed by atoms with van der Waals surface area (Å²) in [5.74, 6) is 0.631. The highest BCUT2D eigenvalue weighted by atomic mass is 35.5. The third kappa shape index (κ3) is 3.84. The largest absolute Gasteiger partial charge is 0.467 e. The monoisotopic (exact) mass is 246 g/mol. The Morgan fingerprint density at radius 2 is 2.44 bits per heavy atom. The Kier molecular flexibility index (Phi) is 5.31. The highest BCUT2D eigenvalue weighted by Crippen LogP contribution is 1.99. The fourth-order valence-electron chi connectivity index (χ4n) is 1.22. The number of ether oxygens (including phenoxy) is 1. The van der Waals surface area contributed by atoms with Crippen molar-refractivity contribution in [1.29, 1.82) is 0 Å². The van der Waals surface area contributed by atoms with Gasteiger partial charge in [0.2, 0.25) is 5.91 Å². The molecule has 1 aromatic heterocycles. The molecule has 1 fully saturated rings. The van der Waals surface area contributed by atoms with E-state index in [-0.39, 0.29) is 31.0 Å². The maximum Gasteiger partial charge on any atom is 0.246 e. The summed E-state index contributed by atoms with van der Waals surface area (Å²) in [6.07, 6.45) is 1.78. The minimum absolute atomic E-state index is 0. The van der Waals surface area contributed by atoms with Crippen LogP contribution in [-0.2, 0) is 16.1 Å². The lowest BCUT2D eigenvalue weighted by Gasteiger charge is -2.26. The molecule has 2 N–H and O–H groups in total. The van der Waals surface area contributed by atoms with E-state index in [4.69, 9.17) is 9.15 Å². The van der Waals surface area contributed by atoms with Gasteiger partial charge in [-0.1, -0.05) is 0 Å². The van der Waals surface area contributed by atoms with Crippen LogP contribution in [-0.4, -0.2) is 31.7 Å². The van der Waals surface area contributed by atoms with Crippen LogP contribution in [0.1, 0.15) is 5.76 Å². The van der Waals surface area contributed by atoms with E-state index in [0.717, 1.165) is 18.8 Å². The zero-order valence-electron chi connectivity index (χ0n) is 8.77. The first-order valence-electron chi connectivity index (χ1n) is 4.96. The maximum atomic E-state index is 11.3. The van der Waals surface area contributed by atoms with Gasteiger partial charge in [-0.2, -0.15) is 0 Å². The number of furan rings is 1. The Morgan fingerprint density at radius 3 is 3.00 bits per heavy atom. The topological polar surface area (TPSA) is 63.5 Å². The van der Waals surface area contributed by atoms with Crippen LogP contribution >= 0.6 is 12.4 Å². The molecule has 0 aliphatic carbocycles. The van der Waals surface area contributed by atoms with Crippen molar-refractivity contribution in [2.45, 2.75) is 12.6 Å². The van der Waals surface area contributed by atoms with Gasteiger partial charge in [0.05, 0.1) is 18.9 Å². The van der Waals surface area contributed by atoms with Crippen molar-refractivity contribution < 1.29 is 13.9 Å². The van der Waals surface area contributed by atoms with E-state index in [1.54, 1.807) is 12.3 Å². The van der Waals surface area contributed by atoms with Crippen molar-refractivity contribution in [1.82, 2.24) is 10.6 Å². The Morgan fingerprint density at radius 1 is 1.62 bits per heavy atom. The SMILES string of the molecule is Cl.O=C(COC1CNC1)NCc1ccco1. The van der Waals surface area contributed by atoms with Gasteiger partial charge in [-0.3, -0.25) is 4.79 Å². The summed E-state index contributed by atoms with van der Waals surface area (Å²) in [5.41, 5.74) is 0. The van der Waals surface area contributed by atoms with Crippen molar-refractivity contribution >= 4 is 18.3 Å². The van der Waals surface area contributed by atoms with E-state index in [1.807, 2.05) is 6.07 Å². The molecule has 16 heavy (non-hydrogen) atoms. The fourth-order valence-corrected chi connectivity index (χ4v) is 1.22. The minimum Gasteiger partial charge on any atom is -0.467 e. The van der Waals surface area contributed by atoms with Crippen LogP contribution in [0.3, 0.4) is 0 Å². The van der Waals surface area contributed by atoms with Crippen LogP contribution in [0.15, 0.2) is 22.8 Å². The Hall–Kier alpha value is -1.04. The lowest BCUT2D eigenvalue weighted by atomic mass is 10.2. The molecule has 1 saturated heterocycles. The number of hydrogen-bond donors (Lipinski definition) is 2. The van der Waals surface area contributed by atoms with Crippen molar-refractivity contribution in [3.05, 3.63) is 24.2 Å². The molecule has 6 heteroatoms. The van der Waals surface area contributed by atoms with Crippen LogP contribution in [0, 0.1) is 0 Å². The van der Waals surface area contributed by atoms with E-state index >= 15 is 0 Å². The molecule has 0 atom stereocenters. The molecule has 5 nitrogen and oxygen atoms in total. The second-order valence-corrected chi connectivity index (χ2v) is 3.45. The summed E-state index contributed by atoms with van der Waals surface area (Å²) >= 11 is 0. The predicted octanol–water partition coefficient (Wildman–Crippen LogP) is 0.306. The molecule has 1 aliphatic rings. The Balaban J connectivity index is 0.00000128. The molecule has 1 aliphatic heterocycles. The zero-order valence-corrected chi connectivity index (χ0v) is 9.59. The zero-order chi connectivity index (χ0) is 10.5. The van der Waals surface area contributed by atoms with Gasteiger partial charge in [-0.15, -0.1) is 12.4 Å². The van der Waals surface area contributed by atoms with Gasteiger partial charge in [-0.25, -0.2) is 0 Å². The van der Waals surface area contributed by atoms with Gasteiger partial charge in [0.1, 0.15) is 12.4 Å². The molecule has 1 aromatic rings. The van der Waals surface area contributed by atoms with Crippen molar-refractivity contribution in [3.8, 4) is 0 Å². The Labute approximate surface area is 99.9 Å². The number of carbonyl (C=O) groups excluding carboxylic acids is 1. The summed E-state index contributed by atoms with van der Waals surface area (Å²) in [7, 11) is 0. The van der Waals surface area contributed by atoms with Gasteiger partial charge in [0, 0.05) is 13.1 Å². The maximum absolute atomic E-state index is 11.3. The number of carbonyl (C=O) groups is 1. The van der Waals surface area contributed by atoms with Gasteiger partial charge < -0.3 is 19.8 Å². The summed E-state index contributed by atoms with van der Waals surface area (Å²) in [5, 5.41) is 5.78. The van der Waals surface area contributed by atoms with Gasteiger partial charge in [-0.05, 0) is 12.1 Å². The quantitative estimate of drug-likeness (QED) is 0.785. The average molecular weight is 247 g/mol. The lowest BCUT2D eigenvalue weighted by molar-refractivity contribution is -0.128. The minimum atomic E-state index is -0.113. The smallest absolute Gasteiger partial charge is 0.246 e. The number of hydrogen-bond acceptors (Lipinski definition) is 4. The molecule has 0 unspecified atom stereocenters. The number of amides is 1. The first kappa shape index (κ1) is 13.0. The molecule has 0 radical (unpaired) electrons. The van der Waals surface area contributed by atoms with Crippen LogP contribution in [0.4, 0.5) is 0 Å². The van der Waals surface area contributed by atoms with Crippen LogP contribution < -0.4 is 10.6 Å². The molecule has 1 amide bonds. The van der Waals surface area contributed by atoms with Crippen molar-refractivity contribution in [3.63, 3.8) is 0 Å². The van der Waals surface area contributed by atoms with E-state index in [9.17, 15) is 4.79 Å². The summed E-state index contributed by atoms with van der Waals surface area (Å²) < 4.78 is 10.4. The highest BCUT2D eigenvalue weighted by molar-refractivity contribution is 5.85. The molecular formula is C10H15ClN2O3. The van der Waals surface area contributed by atoms with Crippen molar-refractivity contribution in [2.24, 2.45) is 0 Å². The molecule has 2 heterocycles. The molecule has 0 saturated carbocycles. The number of halogens is 1. The Bertz CT molecular complexity index is 312. The third-order valence-electron chi connectivity index (χ3n) is 2.23. The standard InChI is InChI=1S/C10H14N2O3.ClH/c13-10(7-15-9-4-11-5-9)12-6-8-2-1-3-14-8;/h1-3,9,11H,4-7H2,(H,12,13);1H. The van der Waals surface area contributed by atoms with Crippen LogP contribution in [0.25, 0.3) is 0 Å². The molecule has 0 bridgehead atoms. The molecule has 2 rings (SSSR count). The molecule has 0 aromatic carbocycles. The van der Waals surface area contributed by atoms with Crippen LogP contribution in [0.2, 0.25) is 0 Å². The normalized spacial score (nSPS) is 15.0. The van der Waals surface area contributed by atoms with E-state index < -0.39 is 0 Å². The van der Waals surface area contributed by atoms with Gasteiger partial charge in [0.25, 0.3) is 0 Å². The summed E-state index contributed by atoms with van der Waals surface area (Å²) in [4.78, 5) is 11.3. The number of rotatable bonds is 5. The van der Waals surface area contributed by atoms with E-state index in [1.165, 1.54) is 0 Å².